The molecule has 68 heavy (non-hydrogen) atoms. The number of amides is 2. The Balaban J connectivity index is 0.000000201. The normalized spacial score (nSPS) is 14.4. The lowest BCUT2D eigenvalue weighted by molar-refractivity contribution is -0.144. The maximum absolute atomic E-state index is 14.4. The Morgan fingerprint density at radius 2 is 0.779 bits per heavy atom. The van der Waals surface area contributed by atoms with Crippen LogP contribution in [0.25, 0.3) is 22.3 Å². The number of nitrogens with zero attached hydrogens (tertiary/aromatic N) is 4. The SMILES string of the molecule is O=C1COc2nccc(-c3ccccc3F)c2CN1Cc1cc(C(F)(F)F)cc(C(F)(F)F)c1.O=C1COc2nccc(-c3ccccc3F)c2CN1Cc1cc(C(F)(F)F)cc(C(F)(F)F)c1. The number of halogens is 14. The second kappa shape index (κ2) is 18.8. The van der Waals surface area contributed by atoms with Crippen LogP contribution in [0.15, 0.2) is 109 Å². The Morgan fingerprint density at radius 3 is 1.09 bits per heavy atom. The molecule has 0 atom stereocenters. The molecule has 0 fully saturated rings. The van der Waals surface area contributed by atoms with E-state index in [0.717, 1.165) is 9.80 Å². The number of benzene rings is 4. The van der Waals surface area contributed by atoms with Gasteiger partial charge in [-0.1, -0.05) is 36.4 Å². The first-order valence-corrected chi connectivity index (χ1v) is 19.7. The number of pyridine rings is 2. The summed E-state index contributed by atoms with van der Waals surface area (Å²) < 4.78 is 198. The zero-order valence-electron chi connectivity index (χ0n) is 34.3. The monoisotopic (exact) mass is 968 g/mol. The molecule has 4 aromatic carbocycles. The molecule has 0 spiro atoms. The summed E-state index contributed by atoms with van der Waals surface area (Å²) in [6, 6.07) is 16.9. The lowest BCUT2D eigenvalue weighted by atomic mass is 10.00. The summed E-state index contributed by atoms with van der Waals surface area (Å²) >= 11 is 0. The van der Waals surface area contributed by atoms with Gasteiger partial charge in [0.2, 0.25) is 11.8 Å². The van der Waals surface area contributed by atoms with Gasteiger partial charge in [0.05, 0.1) is 35.3 Å². The fourth-order valence-corrected chi connectivity index (χ4v) is 7.32. The second-order valence-electron chi connectivity index (χ2n) is 15.1. The van der Waals surface area contributed by atoms with Gasteiger partial charge in [-0.05, 0) is 82.9 Å². The van der Waals surface area contributed by atoms with Crippen molar-refractivity contribution in [3.05, 3.63) is 166 Å². The quantitative estimate of drug-likeness (QED) is 0.155. The molecule has 0 saturated carbocycles. The molecule has 4 heterocycles. The van der Waals surface area contributed by atoms with E-state index in [9.17, 15) is 71.1 Å². The molecular weight excluding hydrogens is 939 g/mol. The van der Waals surface area contributed by atoms with Gasteiger partial charge in [0.1, 0.15) is 11.6 Å². The number of ether oxygens (including phenoxy) is 2. The molecule has 2 amide bonds. The molecule has 22 heteroatoms. The van der Waals surface area contributed by atoms with Gasteiger partial charge in [0.15, 0.2) is 13.2 Å². The minimum absolute atomic E-state index is 0.0202. The highest BCUT2D eigenvalue weighted by Gasteiger charge is 2.39. The summed E-state index contributed by atoms with van der Waals surface area (Å²) in [5, 5.41) is 0. The molecule has 0 saturated heterocycles. The summed E-state index contributed by atoms with van der Waals surface area (Å²) in [5.74, 6) is -2.43. The van der Waals surface area contributed by atoms with Crippen molar-refractivity contribution in [3.8, 4) is 34.0 Å². The fourth-order valence-electron chi connectivity index (χ4n) is 7.32. The largest absolute Gasteiger partial charge is 0.467 e. The Labute approximate surface area is 375 Å². The molecule has 2 aromatic heterocycles. The van der Waals surface area contributed by atoms with Crippen LogP contribution in [0.5, 0.6) is 11.8 Å². The molecule has 0 aliphatic carbocycles. The first kappa shape index (κ1) is 48.7. The number of carbonyl (C=O) groups is 2. The third-order valence-electron chi connectivity index (χ3n) is 10.5. The van der Waals surface area contributed by atoms with Crippen molar-refractivity contribution in [1.82, 2.24) is 19.8 Å². The first-order chi connectivity index (χ1) is 31.9. The van der Waals surface area contributed by atoms with E-state index >= 15 is 0 Å². The summed E-state index contributed by atoms with van der Waals surface area (Å²) in [7, 11) is 0. The van der Waals surface area contributed by atoms with Crippen LogP contribution < -0.4 is 9.47 Å². The predicted octanol–water partition coefficient (Wildman–Crippen LogP) is 11.7. The van der Waals surface area contributed by atoms with Crippen molar-refractivity contribution >= 4 is 11.8 Å². The van der Waals surface area contributed by atoms with Gasteiger partial charge in [-0.2, -0.15) is 52.7 Å². The Bertz CT molecular complexity index is 2610. The lowest BCUT2D eigenvalue weighted by Crippen LogP contribution is -2.32. The van der Waals surface area contributed by atoms with Gasteiger partial charge >= 0.3 is 24.7 Å². The van der Waals surface area contributed by atoms with Crippen LogP contribution in [0.2, 0.25) is 0 Å². The van der Waals surface area contributed by atoms with Crippen LogP contribution in [0.3, 0.4) is 0 Å². The highest BCUT2D eigenvalue weighted by molar-refractivity contribution is 5.81. The Hall–Kier alpha value is -7.26. The van der Waals surface area contributed by atoms with Crippen molar-refractivity contribution in [1.29, 1.82) is 0 Å². The molecule has 8 rings (SSSR count). The second-order valence-corrected chi connectivity index (χ2v) is 15.1. The van der Waals surface area contributed by atoms with Gasteiger partial charge in [0.25, 0.3) is 11.8 Å². The van der Waals surface area contributed by atoms with Crippen LogP contribution in [0.4, 0.5) is 61.5 Å². The summed E-state index contributed by atoms with van der Waals surface area (Å²) in [6.07, 6.45) is -17.4. The van der Waals surface area contributed by atoms with Crippen LogP contribution in [-0.4, -0.2) is 44.8 Å². The standard InChI is InChI=1S/2C23H15F7N2O2/c2*24-19-4-2-1-3-17(19)16-5-6-31-21-18(16)11-32(20(33)12-34-21)10-13-7-14(22(25,26)27)9-15(8-13)23(28,29)30/h2*1-9H,10-12H2. The zero-order valence-corrected chi connectivity index (χ0v) is 34.3. The molecule has 0 bridgehead atoms. The van der Waals surface area contributed by atoms with Gasteiger partial charge in [-0.15, -0.1) is 0 Å². The van der Waals surface area contributed by atoms with E-state index in [-0.39, 0.29) is 70.4 Å². The maximum atomic E-state index is 14.4. The third kappa shape index (κ3) is 11.1. The predicted molar refractivity (Wildman–Crippen MR) is 212 cm³/mol. The highest BCUT2D eigenvalue weighted by Crippen LogP contribution is 2.40. The fraction of sp³-hybridized carbons (Fsp3) is 0.217. The van der Waals surface area contributed by atoms with Crippen molar-refractivity contribution in [2.45, 2.75) is 50.9 Å². The molecule has 0 N–H and O–H groups in total. The summed E-state index contributed by atoms with van der Waals surface area (Å²) in [4.78, 5) is 35.4. The highest BCUT2D eigenvalue weighted by atomic mass is 19.4. The van der Waals surface area contributed by atoms with Crippen LogP contribution in [0.1, 0.15) is 44.5 Å². The number of carbonyl (C=O) groups excluding carboxylic acids is 2. The van der Waals surface area contributed by atoms with Crippen LogP contribution in [-0.2, 0) is 60.5 Å². The molecule has 2 aliphatic heterocycles. The minimum Gasteiger partial charge on any atom is -0.467 e. The Kier molecular flexibility index (Phi) is 13.4. The van der Waals surface area contributed by atoms with E-state index < -0.39 is 96.7 Å². The lowest BCUT2D eigenvalue weighted by Gasteiger charge is -2.22. The van der Waals surface area contributed by atoms with Gasteiger partial charge in [0, 0.05) is 47.7 Å². The van der Waals surface area contributed by atoms with Crippen molar-refractivity contribution in [2.24, 2.45) is 0 Å². The number of hydrogen-bond donors (Lipinski definition) is 0. The molecule has 2 aliphatic rings. The molecule has 8 nitrogen and oxygen atoms in total. The number of alkyl halides is 12. The van der Waals surface area contributed by atoms with Gasteiger partial charge in [-0.25, -0.2) is 18.7 Å². The summed E-state index contributed by atoms with van der Waals surface area (Å²) in [5.41, 5.74) is -5.07. The third-order valence-corrected chi connectivity index (χ3v) is 10.5. The summed E-state index contributed by atoms with van der Waals surface area (Å²) in [6.45, 7) is -2.70. The molecule has 356 valence electrons. The number of fused-ring (bicyclic) bond motifs is 2. The van der Waals surface area contributed by atoms with Crippen LogP contribution in [0, 0.1) is 11.6 Å². The van der Waals surface area contributed by atoms with E-state index in [0.29, 0.717) is 35.4 Å². The average molecular weight is 969 g/mol. The average Bonchev–Trinajstić information content (AvgIpc) is 3.53. The molecule has 0 radical (unpaired) electrons. The maximum Gasteiger partial charge on any atom is 0.416 e. The smallest absolute Gasteiger partial charge is 0.416 e. The van der Waals surface area contributed by atoms with E-state index in [1.54, 1.807) is 12.1 Å². The van der Waals surface area contributed by atoms with Crippen molar-refractivity contribution in [2.75, 3.05) is 13.2 Å². The molecule has 6 aromatic rings. The van der Waals surface area contributed by atoms with E-state index in [1.165, 1.54) is 60.9 Å². The van der Waals surface area contributed by atoms with Crippen LogP contribution >= 0.6 is 0 Å². The minimum atomic E-state index is -5.02. The van der Waals surface area contributed by atoms with Crippen molar-refractivity contribution in [3.63, 3.8) is 0 Å². The zero-order chi connectivity index (χ0) is 49.3. The van der Waals surface area contributed by atoms with Crippen molar-refractivity contribution < 1.29 is 80.5 Å². The van der Waals surface area contributed by atoms with E-state index in [4.69, 9.17) is 9.47 Å². The molecule has 0 unspecified atom stereocenters. The van der Waals surface area contributed by atoms with E-state index in [1.807, 2.05) is 0 Å². The number of rotatable bonds is 6. The number of hydrogen-bond acceptors (Lipinski definition) is 6. The van der Waals surface area contributed by atoms with E-state index in [2.05, 4.69) is 9.97 Å². The Morgan fingerprint density at radius 1 is 0.456 bits per heavy atom. The topological polar surface area (TPSA) is 84.9 Å². The van der Waals surface area contributed by atoms with Gasteiger partial charge < -0.3 is 19.3 Å². The number of aromatic nitrogens is 2. The van der Waals surface area contributed by atoms with Gasteiger partial charge in [-0.3, -0.25) is 9.59 Å². The molecular formula is C46H30F14N4O4. The first-order valence-electron chi connectivity index (χ1n) is 19.7.